The van der Waals surface area contributed by atoms with Crippen molar-refractivity contribution in [1.82, 2.24) is 10.6 Å². The number of amides is 3. The molecule has 7 heteroatoms. The Hall–Kier alpha value is -3.35. The molecule has 2 atom stereocenters. The van der Waals surface area contributed by atoms with Crippen LogP contribution >= 0.6 is 0 Å². The zero-order chi connectivity index (χ0) is 19.9. The van der Waals surface area contributed by atoms with Crippen LogP contribution in [0.3, 0.4) is 0 Å². The zero-order valence-electron chi connectivity index (χ0n) is 15.4. The lowest BCUT2D eigenvalue weighted by atomic mass is 10.0. The lowest BCUT2D eigenvalue weighted by Crippen LogP contribution is -2.51. The molecule has 0 unspecified atom stereocenters. The van der Waals surface area contributed by atoms with E-state index in [2.05, 4.69) is 10.6 Å². The molecular weight excluding hydrogens is 358 g/mol. The summed E-state index contributed by atoms with van der Waals surface area (Å²) in [5, 5.41) is 5.21. The third-order valence-corrected chi connectivity index (χ3v) is 4.58. The number of nitrogens with two attached hydrogens (primary N) is 1. The second-order valence-electron chi connectivity index (χ2n) is 6.74. The summed E-state index contributed by atoms with van der Waals surface area (Å²) in [6.45, 7) is 0.466. The highest BCUT2D eigenvalue weighted by molar-refractivity contribution is 5.93. The normalized spacial score (nSPS) is 16.9. The molecule has 146 valence electrons. The number of nitrogens with one attached hydrogen (secondary N) is 2. The Morgan fingerprint density at radius 1 is 1.11 bits per heavy atom. The van der Waals surface area contributed by atoms with Gasteiger partial charge >= 0.3 is 0 Å². The van der Waals surface area contributed by atoms with Crippen LogP contribution in [-0.2, 0) is 27.4 Å². The van der Waals surface area contributed by atoms with E-state index >= 15 is 0 Å². The Morgan fingerprint density at radius 2 is 1.82 bits per heavy atom. The molecule has 7 nitrogen and oxygen atoms in total. The zero-order valence-corrected chi connectivity index (χ0v) is 15.4. The largest absolute Gasteiger partial charge is 0.489 e. The van der Waals surface area contributed by atoms with Crippen LogP contribution < -0.4 is 21.1 Å². The van der Waals surface area contributed by atoms with Crippen LogP contribution in [0, 0.1) is 0 Å². The van der Waals surface area contributed by atoms with E-state index in [4.69, 9.17) is 10.5 Å². The molecule has 0 spiro atoms. The van der Waals surface area contributed by atoms with Crippen molar-refractivity contribution in [3.05, 3.63) is 65.7 Å². The van der Waals surface area contributed by atoms with Crippen LogP contribution in [0.2, 0.25) is 0 Å². The number of carbonyl (C=O) groups excluding carboxylic acids is 3. The van der Waals surface area contributed by atoms with E-state index in [-0.39, 0.29) is 12.3 Å². The first-order valence-electron chi connectivity index (χ1n) is 9.16. The van der Waals surface area contributed by atoms with Crippen molar-refractivity contribution >= 4 is 17.7 Å². The number of ether oxygens (including phenoxy) is 1. The van der Waals surface area contributed by atoms with Crippen LogP contribution in [0.15, 0.2) is 54.6 Å². The molecule has 1 saturated heterocycles. The quantitative estimate of drug-likeness (QED) is 0.635. The molecule has 3 amide bonds. The number of rotatable bonds is 8. The first-order chi connectivity index (χ1) is 13.5. The Labute approximate surface area is 163 Å². The molecule has 0 radical (unpaired) electrons. The fraction of sp³-hybridized carbons (Fsp3) is 0.286. The van der Waals surface area contributed by atoms with Crippen molar-refractivity contribution in [2.45, 2.75) is 38.0 Å². The Morgan fingerprint density at radius 3 is 2.43 bits per heavy atom. The van der Waals surface area contributed by atoms with Crippen LogP contribution in [0.1, 0.15) is 24.0 Å². The Bertz CT molecular complexity index is 836. The molecule has 0 aliphatic carbocycles. The first-order valence-corrected chi connectivity index (χ1v) is 9.16. The summed E-state index contributed by atoms with van der Waals surface area (Å²) >= 11 is 0. The number of carbonyl (C=O) groups is 3. The van der Waals surface area contributed by atoms with E-state index < -0.39 is 23.9 Å². The van der Waals surface area contributed by atoms with Gasteiger partial charge in [0.15, 0.2) is 0 Å². The maximum atomic E-state index is 12.2. The molecule has 0 aromatic heterocycles. The fourth-order valence-electron chi connectivity index (χ4n) is 3.00. The predicted octanol–water partition coefficient (Wildman–Crippen LogP) is 1.06. The number of hydrogen-bond acceptors (Lipinski definition) is 4. The average molecular weight is 381 g/mol. The third-order valence-electron chi connectivity index (χ3n) is 4.58. The van der Waals surface area contributed by atoms with Gasteiger partial charge in [0.1, 0.15) is 24.4 Å². The summed E-state index contributed by atoms with van der Waals surface area (Å²) in [7, 11) is 0. The molecule has 2 aromatic rings. The first kappa shape index (κ1) is 19.4. The maximum absolute atomic E-state index is 12.2. The van der Waals surface area contributed by atoms with Crippen LogP contribution in [-0.4, -0.2) is 29.8 Å². The average Bonchev–Trinajstić information content (AvgIpc) is 3.14. The molecule has 1 heterocycles. The van der Waals surface area contributed by atoms with Crippen molar-refractivity contribution in [3.63, 3.8) is 0 Å². The molecule has 1 aliphatic heterocycles. The van der Waals surface area contributed by atoms with E-state index in [0.717, 1.165) is 11.1 Å². The lowest BCUT2D eigenvalue weighted by molar-refractivity contribution is -0.129. The number of hydrogen-bond donors (Lipinski definition) is 3. The molecule has 28 heavy (non-hydrogen) atoms. The molecule has 1 fully saturated rings. The van der Waals surface area contributed by atoms with E-state index in [1.54, 1.807) is 0 Å². The summed E-state index contributed by atoms with van der Waals surface area (Å²) in [6.07, 6.45) is 0.994. The minimum Gasteiger partial charge on any atom is -0.489 e. The van der Waals surface area contributed by atoms with Gasteiger partial charge in [-0.05, 0) is 29.7 Å². The topological polar surface area (TPSA) is 111 Å². The van der Waals surface area contributed by atoms with Crippen LogP contribution in [0.5, 0.6) is 5.75 Å². The van der Waals surface area contributed by atoms with Crippen LogP contribution in [0.25, 0.3) is 0 Å². The minimum absolute atomic E-state index is 0.165. The second-order valence-corrected chi connectivity index (χ2v) is 6.74. The Kier molecular flexibility index (Phi) is 6.26. The highest BCUT2D eigenvalue weighted by atomic mass is 16.5. The maximum Gasteiger partial charge on any atom is 0.243 e. The summed E-state index contributed by atoms with van der Waals surface area (Å²) in [6, 6.07) is 15.7. The van der Waals surface area contributed by atoms with E-state index in [9.17, 15) is 14.4 Å². The molecule has 2 aromatic carbocycles. The van der Waals surface area contributed by atoms with Gasteiger partial charge in [-0.25, -0.2) is 0 Å². The number of benzene rings is 2. The van der Waals surface area contributed by atoms with Gasteiger partial charge in [0.05, 0.1) is 0 Å². The molecule has 1 aliphatic rings. The summed E-state index contributed by atoms with van der Waals surface area (Å²) in [4.78, 5) is 35.2. The predicted molar refractivity (Wildman–Crippen MR) is 103 cm³/mol. The van der Waals surface area contributed by atoms with Gasteiger partial charge in [0, 0.05) is 12.8 Å². The van der Waals surface area contributed by atoms with Gasteiger partial charge in [-0.2, -0.15) is 0 Å². The van der Waals surface area contributed by atoms with Crippen molar-refractivity contribution in [1.29, 1.82) is 0 Å². The van der Waals surface area contributed by atoms with Crippen molar-refractivity contribution in [2.24, 2.45) is 5.73 Å². The lowest BCUT2D eigenvalue weighted by Gasteiger charge is -2.18. The number of primary amides is 1. The highest BCUT2D eigenvalue weighted by Crippen LogP contribution is 2.16. The van der Waals surface area contributed by atoms with Crippen LogP contribution in [0.4, 0.5) is 0 Å². The van der Waals surface area contributed by atoms with Gasteiger partial charge < -0.3 is 21.1 Å². The summed E-state index contributed by atoms with van der Waals surface area (Å²) in [5.41, 5.74) is 7.35. The van der Waals surface area contributed by atoms with Gasteiger partial charge in [-0.1, -0.05) is 42.5 Å². The standard InChI is InChI=1S/C21H23N3O4/c22-20(26)18(24-21(27)17-10-11-19(25)23-17)12-14-6-8-16(9-7-14)28-13-15-4-2-1-3-5-15/h1-9,17-18H,10-13H2,(H2,22,26)(H,23,25)(H,24,27)/t17-,18+/m0/s1. The van der Waals surface area contributed by atoms with E-state index in [0.29, 0.717) is 25.2 Å². The fourth-order valence-corrected chi connectivity index (χ4v) is 3.00. The summed E-state index contributed by atoms with van der Waals surface area (Å²) < 4.78 is 5.74. The van der Waals surface area contributed by atoms with Crippen molar-refractivity contribution < 1.29 is 19.1 Å². The smallest absolute Gasteiger partial charge is 0.243 e. The molecule has 4 N–H and O–H groups in total. The minimum atomic E-state index is -0.846. The highest BCUT2D eigenvalue weighted by Gasteiger charge is 2.29. The summed E-state index contributed by atoms with van der Waals surface area (Å²) in [5.74, 6) is -0.470. The Balaban J connectivity index is 1.55. The van der Waals surface area contributed by atoms with Gasteiger partial charge in [0.25, 0.3) is 0 Å². The van der Waals surface area contributed by atoms with E-state index in [1.807, 2.05) is 54.6 Å². The molecule has 0 bridgehead atoms. The molecule has 3 rings (SSSR count). The van der Waals surface area contributed by atoms with Gasteiger partial charge in [0.2, 0.25) is 17.7 Å². The van der Waals surface area contributed by atoms with Gasteiger partial charge in [-0.3, -0.25) is 14.4 Å². The second kappa shape index (κ2) is 9.03. The van der Waals surface area contributed by atoms with E-state index in [1.165, 1.54) is 0 Å². The third kappa shape index (κ3) is 5.33. The molecule has 0 saturated carbocycles. The van der Waals surface area contributed by atoms with Gasteiger partial charge in [-0.15, -0.1) is 0 Å². The SMILES string of the molecule is NC(=O)[C@@H](Cc1ccc(OCc2ccccc2)cc1)NC(=O)[C@@H]1CCC(=O)N1. The molecular formula is C21H23N3O4. The van der Waals surface area contributed by atoms with Crippen molar-refractivity contribution in [2.75, 3.05) is 0 Å². The van der Waals surface area contributed by atoms with Crippen molar-refractivity contribution in [3.8, 4) is 5.75 Å². The monoisotopic (exact) mass is 381 g/mol.